The Bertz CT molecular complexity index is 123. The standard InChI is InChI=1S/C8H18N2O/c1-4-5-10-8(11)7(9)6(2)3/h6-7H,4-5,9H2,1-3H3,(H,10,11)/t7-/m0/s1. The van der Waals surface area contributed by atoms with Gasteiger partial charge in [-0.25, -0.2) is 0 Å². The molecular formula is C8H18N2O. The van der Waals surface area contributed by atoms with Crippen molar-refractivity contribution in [3.8, 4) is 0 Å². The highest BCUT2D eigenvalue weighted by Gasteiger charge is 2.15. The first-order valence-electron chi connectivity index (χ1n) is 4.12. The smallest absolute Gasteiger partial charge is 0.237 e. The molecule has 0 unspecified atom stereocenters. The third-order valence-corrected chi connectivity index (χ3v) is 1.57. The molecule has 0 rings (SSSR count). The number of amides is 1. The first kappa shape index (κ1) is 10.4. The number of carbonyl (C=O) groups is 1. The molecule has 1 amide bonds. The summed E-state index contributed by atoms with van der Waals surface area (Å²) in [7, 11) is 0. The molecular weight excluding hydrogens is 140 g/mol. The van der Waals surface area contributed by atoms with Gasteiger partial charge in [0.15, 0.2) is 0 Å². The molecule has 0 aliphatic rings. The Morgan fingerprint density at radius 1 is 1.55 bits per heavy atom. The zero-order chi connectivity index (χ0) is 8.85. The van der Waals surface area contributed by atoms with Crippen LogP contribution in [0.15, 0.2) is 0 Å². The van der Waals surface area contributed by atoms with Gasteiger partial charge in [-0.1, -0.05) is 20.8 Å². The van der Waals surface area contributed by atoms with Crippen LogP contribution in [0.5, 0.6) is 0 Å². The second kappa shape index (κ2) is 5.13. The normalized spacial score (nSPS) is 13.2. The lowest BCUT2D eigenvalue weighted by atomic mass is 10.1. The van der Waals surface area contributed by atoms with Crippen molar-refractivity contribution >= 4 is 5.91 Å². The third kappa shape index (κ3) is 3.98. The average molecular weight is 158 g/mol. The lowest BCUT2D eigenvalue weighted by Crippen LogP contribution is -2.44. The molecule has 0 radical (unpaired) electrons. The molecule has 0 aliphatic heterocycles. The van der Waals surface area contributed by atoms with E-state index >= 15 is 0 Å². The van der Waals surface area contributed by atoms with Gasteiger partial charge in [0, 0.05) is 6.54 Å². The van der Waals surface area contributed by atoms with Gasteiger partial charge in [0.05, 0.1) is 6.04 Å². The molecule has 0 spiro atoms. The van der Waals surface area contributed by atoms with E-state index in [1.165, 1.54) is 0 Å². The van der Waals surface area contributed by atoms with E-state index in [2.05, 4.69) is 5.32 Å². The Hall–Kier alpha value is -0.570. The van der Waals surface area contributed by atoms with Gasteiger partial charge in [0.1, 0.15) is 0 Å². The number of nitrogens with one attached hydrogen (secondary N) is 1. The number of hydrogen-bond acceptors (Lipinski definition) is 2. The van der Waals surface area contributed by atoms with Crippen LogP contribution in [0.1, 0.15) is 27.2 Å². The molecule has 1 atom stereocenters. The molecule has 0 aromatic rings. The van der Waals surface area contributed by atoms with E-state index in [1.54, 1.807) is 0 Å². The number of rotatable bonds is 4. The van der Waals surface area contributed by atoms with Gasteiger partial charge in [-0.2, -0.15) is 0 Å². The highest BCUT2D eigenvalue weighted by molar-refractivity contribution is 5.81. The SMILES string of the molecule is CCCNC(=O)[C@@H](N)C(C)C. The van der Waals surface area contributed by atoms with Crippen molar-refractivity contribution in [3.05, 3.63) is 0 Å². The van der Waals surface area contributed by atoms with Gasteiger partial charge in [0.2, 0.25) is 5.91 Å². The second-order valence-electron chi connectivity index (χ2n) is 3.06. The van der Waals surface area contributed by atoms with Gasteiger partial charge in [0.25, 0.3) is 0 Å². The van der Waals surface area contributed by atoms with E-state index in [0.717, 1.165) is 13.0 Å². The molecule has 0 saturated carbocycles. The molecule has 0 aromatic heterocycles. The zero-order valence-electron chi connectivity index (χ0n) is 7.55. The Balaban J connectivity index is 3.64. The molecule has 0 heterocycles. The number of hydrogen-bond donors (Lipinski definition) is 2. The largest absolute Gasteiger partial charge is 0.355 e. The van der Waals surface area contributed by atoms with Gasteiger partial charge in [-0.05, 0) is 12.3 Å². The highest BCUT2D eigenvalue weighted by Crippen LogP contribution is 1.97. The summed E-state index contributed by atoms with van der Waals surface area (Å²) in [6, 6.07) is -0.360. The van der Waals surface area contributed by atoms with Gasteiger partial charge in [-0.3, -0.25) is 4.79 Å². The first-order chi connectivity index (χ1) is 5.09. The minimum atomic E-state index is -0.360. The Kier molecular flexibility index (Phi) is 4.86. The van der Waals surface area contributed by atoms with E-state index in [9.17, 15) is 4.79 Å². The quantitative estimate of drug-likeness (QED) is 0.626. The summed E-state index contributed by atoms with van der Waals surface area (Å²) in [5, 5.41) is 2.75. The molecule has 0 aromatic carbocycles. The predicted octanol–water partition coefficient (Wildman–Crippen LogP) is 0.496. The average Bonchev–Trinajstić information content (AvgIpc) is 1.98. The Labute approximate surface area is 68.3 Å². The van der Waals surface area contributed by atoms with E-state index in [4.69, 9.17) is 5.73 Å². The van der Waals surface area contributed by atoms with Crippen LogP contribution in [-0.2, 0) is 4.79 Å². The van der Waals surface area contributed by atoms with Crippen LogP contribution in [0, 0.1) is 5.92 Å². The van der Waals surface area contributed by atoms with Crippen LogP contribution >= 0.6 is 0 Å². The van der Waals surface area contributed by atoms with E-state index in [1.807, 2.05) is 20.8 Å². The summed E-state index contributed by atoms with van der Waals surface area (Å²) in [5.41, 5.74) is 5.59. The van der Waals surface area contributed by atoms with E-state index < -0.39 is 0 Å². The highest BCUT2D eigenvalue weighted by atomic mass is 16.2. The topological polar surface area (TPSA) is 55.1 Å². The zero-order valence-corrected chi connectivity index (χ0v) is 7.55. The Morgan fingerprint density at radius 2 is 2.09 bits per heavy atom. The van der Waals surface area contributed by atoms with Crippen LogP contribution in [0.3, 0.4) is 0 Å². The molecule has 0 saturated heterocycles. The lowest BCUT2D eigenvalue weighted by Gasteiger charge is -2.14. The Morgan fingerprint density at radius 3 is 2.45 bits per heavy atom. The second-order valence-corrected chi connectivity index (χ2v) is 3.06. The summed E-state index contributed by atoms with van der Waals surface area (Å²) in [6.07, 6.45) is 0.955. The molecule has 3 nitrogen and oxygen atoms in total. The van der Waals surface area contributed by atoms with Crippen LogP contribution < -0.4 is 11.1 Å². The molecule has 3 N–H and O–H groups in total. The summed E-state index contributed by atoms with van der Waals surface area (Å²) in [6.45, 7) is 6.62. The maximum absolute atomic E-state index is 11.1. The van der Waals surface area contributed by atoms with Gasteiger partial charge >= 0.3 is 0 Å². The summed E-state index contributed by atoms with van der Waals surface area (Å²) in [5.74, 6) is 0.175. The van der Waals surface area contributed by atoms with Crippen molar-refractivity contribution < 1.29 is 4.79 Å². The maximum Gasteiger partial charge on any atom is 0.237 e. The molecule has 11 heavy (non-hydrogen) atoms. The van der Waals surface area contributed by atoms with Crippen molar-refractivity contribution in [1.29, 1.82) is 0 Å². The van der Waals surface area contributed by atoms with Gasteiger partial charge in [-0.15, -0.1) is 0 Å². The minimum absolute atomic E-state index is 0.0400. The fourth-order valence-electron chi connectivity index (χ4n) is 0.669. The van der Waals surface area contributed by atoms with E-state index in [-0.39, 0.29) is 17.9 Å². The van der Waals surface area contributed by atoms with Crippen LogP contribution in [0.25, 0.3) is 0 Å². The van der Waals surface area contributed by atoms with Crippen LogP contribution in [0.2, 0.25) is 0 Å². The summed E-state index contributed by atoms with van der Waals surface area (Å²) >= 11 is 0. The van der Waals surface area contributed by atoms with Crippen LogP contribution in [0.4, 0.5) is 0 Å². The van der Waals surface area contributed by atoms with Gasteiger partial charge < -0.3 is 11.1 Å². The van der Waals surface area contributed by atoms with Crippen molar-refractivity contribution in [2.24, 2.45) is 11.7 Å². The number of nitrogens with two attached hydrogens (primary N) is 1. The summed E-state index contributed by atoms with van der Waals surface area (Å²) in [4.78, 5) is 11.1. The fraction of sp³-hybridized carbons (Fsp3) is 0.875. The van der Waals surface area contributed by atoms with Crippen molar-refractivity contribution in [2.75, 3.05) is 6.54 Å². The molecule has 0 bridgehead atoms. The molecule has 0 fully saturated rings. The maximum atomic E-state index is 11.1. The van der Waals surface area contributed by atoms with E-state index in [0.29, 0.717) is 0 Å². The first-order valence-corrected chi connectivity index (χ1v) is 4.12. The predicted molar refractivity (Wildman–Crippen MR) is 46.1 cm³/mol. The third-order valence-electron chi connectivity index (χ3n) is 1.57. The monoisotopic (exact) mass is 158 g/mol. The van der Waals surface area contributed by atoms with Crippen molar-refractivity contribution in [2.45, 2.75) is 33.2 Å². The molecule has 66 valence electrons. The minimum Gasteiger partial charge on any atom is -0.355 e. The summed E-state index contributed by atoms with van der Waals surface area (Å²) < 4.78 is 0. The lowest BCUT2D eigenvalue weighted by molar-refractivity contribution is -0.123. The van der Waals surface area contributed by atoms with Crippen LogP contribution in [-0.4, -0.2) is 18.5 Å². The van der Waals surface area contributed by atoms with Crippen molar-refractivity contribution in [1.82, 2.24) is 5.32 Å². The fourth-order valence-corrected chi connectivity index (χ4v) is 0.669. The molecule has 0 aliphatic carbocycles. The molecule has 3 heteroatoms. The van der Waals surface area contributed by atoms with Crippen molar-refractivity contribution in [3.63, 3.8) is 0 Å². The number of carbonyl (C=O) groups excluding carboxylic acids is 1.